The molecule has 2 aliphatic rings. The van der Waals surface area contributed by atoms with Crippen LogP contribution in [0.5, 0.6) is 0 Å². The summed E-state index contributed by atoms with van der Waals surface area (Å²) in [5.41, 5.74) is 0. The maximum atomic E-state index is 12.4. The number of hydrogen-bond acceptors (Lipinski definition) is 3. The first kappa shape index (κ1) is 21.0. The molecule has 1 heterocycles. The Morgan fingerprint density at radius 1 is 1.22 bits per heavy atom. The Labute approximate surface area is 165 Å². The van der Waals surface area contributed by atoms with E-state index < -0.39 is 0 Å². The number of carbonyl (C=O) groups is 2. The number of morpholine rings is 1. The molecule has 1 saturated heterocycles. The normalized spacial score (nSPS) is 20.5. The molecule has 5 nitrogen and oxygen atoms in total. The fourth-order valence-electron chi connectivity index (χ4n) is 3.38. The van der Waals surface area contributed by atoms with Crippen molar-refractivity contribution in [3.63, 3.8) is 0 Å². The van der Waals surface area contributed by atoms with Crippen molar-refractivity contribution in [2.45, 2.75) is 57.9 Å². The van der Waals surface area contributed by atoms with Gasteiger partial charge in [0.15, 0.2) is 0 Å². The third-order valence-corrected chi connectivity index (χ3v) is 4.68. The molecule has 1 aliphatic heterocycles. The number of rotatable bonds is 6. The SMILES string of the molecule is C[CH-]CC(=O)[C@H](CC1CCCCC1)NC(=O)N1CCOCC1.[Y]. The van der Waals surface area contributed by atoms with Gasteiger partial charge >= 0.3 is 6.03 Å². The fourth-order valence-corrected chi connectivity index (χ4v) is 3.38. The Bertz CT molecular complexity index is 367. The molecule has 0 aromatic rings. The summed E-state index contributed by atoms with van der Waals surface area (Å²) in [5.74, 6) is 0.708. The standard InChI is InChI=1S/C17H29N2O3.Y/c1-2-6-16(20)15(13-14-7-4-3-5-8-14)18-17(21)19-9-11-22-12-10-19;/h2,14-15H,3-13H2,1H3,(H,18,21);/q-1;/t15-;/m0./s1. The van der Waals surface area contributed by atoms with Crippen molar-refractivity contribution in [1.82, 2.24) is 10.2 Å². The number of Topliss-reactive ketones (excluding diaryl/α,β-unsaturated/α-hetero) is 1. The van der Waals surface area contributed by atoms with Gasteiger partial charge in [-0.25, -0.2) is 4.79 Å². The molecule has 2 fully saturated rings. The molecule has 0 aromatic heterocycles. The van der Waals surface area contributed by atoms with Gasteiger partial charge in [-0.1, -0.05) is 32.1 Å². The van der Waals surface area contributed by atoms with Gasteiger partial charge in [-0.15, -0.1) is 6.42 Å². The Morgan fingerprint density at radius 3 is 2.48 bits per heavy atom. The summed E-state index contributed by atoms with van der Waals surface area (Å²) in [7, 11) is 0. The van der Waals surface area contributed by atoms with Crippen LogP contribution in [-0.2, 0) is 42.2 Å². The third kappa shape index (κ3) is 7.19. The summed E-state index contributed by atoms with van der Waals surface area (Å²) in [5, 5.41) is 2.98. The molecule has 23 heavy (non-hydrogen) atoms. The van der Waals surface area contributed by atoms with Crippen LogP contribution in [0.15, 0.2) is 0 Å². The van der Waals surface area contributed by atoms with Crippen LogP contribution in [-0.4, -0.2) is 49.1 Å². The minimum Gasteiger partial charge on any atom is -0.378 e. The van der Waals surface area contributed by atoms with Gasteiger partial charge in [-0.2, -0.15) is 6.92 Å². The minimum absolute atomic E-state index is 0. The first-order chi connectivity index (χ1) is 10.7. The van der Waals surface area contributed by atoms with Crippen LogP contribution in [0.1, 0.15) is 51.9 Å². The summed E-state index contributed by atoms with van der Waals surface area (Å²) in [6.45, 7) is 4.26. The minimum atomic E-state index is -0.338. The van der Waals surface area contributed by atoms with Gasteiger partial charge in [0.2, 0.25) is 0 Å². The second kappa shape index (κ2) is 11.5. The summed E-state index contributed by atoms with van der Waals surface area (Å²) in [6.07, 6.45) is 9.28. The molecule has 1 radical (unpaired) electrons. The van der Waals surface area contributed by atoms with Gasteiger partial charge in [0, 0.05) is 45.8 Å². The number of nitrogens with one attached hydrogen (secondary N) is 1. The zero-order valence-corrected chi connectivity index (χ0v) is 17.1. The molecule has 0 unspecified atom stereocenters. The molecule has 0 spiro atoms. The molecular formula is C17H29N2O3Y-. The van der Waals surface area contributed by atoms with Crippen molar-refractivity contribution in [3.05, 3.63) is 6.42 Å². The maximum absolute atomic E-state index is 12.4. The molecule has 0 aromatic carbocycles. The Hall–Kier alpha value is 0.00390. The van der Waals surface area contributed by atoms with Crippen LogP contribution >= 0.6 is 0 Å². The zero-order valence-electron chi connectivity index (χ0n) is 14.3. The molecular weight excluding hydrogens is 369 g/mol. The van der Waals surface area contributed by atoms with E-state index in [1.54, 1.807) is 4.90 Å². The van der Waals surface area contributed by atoms with E-state index in [0.29, 0.717) is 38.6 Å². The largest absolute Gasteiger partial charge is 0.378 e. The van der Waals surface area contributed by atoms with Gasteiger partial charge in [0.1, 0.15) is 5.78 Å². The van der Waals surface area contributed by atoms with Crippen LogP contribution in [0.25, 0.3) is 0 Å². The molecule has 6 heteroatoms. The number of carbonyl (C=O) groups excluding carboxylic acids is 2. The Kier molecular flexibility index (Phi) is 10.6. The van der Waals surface area contributed by atoms with Gasteiger partial charge in [-0.3, -0.25) is 0 Å². The average Bonchev–Trinajstić information content (AvgIpc) is 2.56. The van der Waals surface area contributed by atoms with E-state index >= 15 is 0 Å². The molecule has 129 valence electrons. The first-order valence-electron chi connectivity index (χ1n) is 8.64. The predicted molar refractivity (Wildman–Crippen MR) is 85.5 cm³/mol. The molecule has 1 atom stereocenters. The van der Waals surface area contributed by atoms with Crippen molar-refractivity contribution in [3.8, 4) is 0 Å². The van der Waals surface area contributed by atoms with Crippen LogP contribution in [0.4, 0.5) is 4.79 Å². The van der Waals surface area contributed by atoms with Crippen LogP contribution in [0.2, 0.25) is 0 Å². The number of amides is 2. The summed E-state index contributed by atoms with van der Waals surface area (Å²) >= 11 is 0. The van der Waals surface area contributed by atoms with E-state index in [4.69, 9.17) is 4.74 Å². The van der Waals surface area contributed by atoms with Crippen molar-refractivity contribution in [2.75, 3.05) is 26.3 Å². The van der Waals surface area contributed by atoms with Crippen molar-refractivity contribution >= 4 is 11.8 Å². The smallest absolute Gasteiger partial charge is 0.318 e. The second-order valence-electron chi connectivity index (χ2n) is 6.42. The van der Waals surface area contributed by atoms with E-state index in [2.05, 4.69) is 5.32 Å². The van der Waals surface area contributed by atoms with Gasteiger partial charge in [0.25, 0.3) is 0 Å². The number of urea groups is 1. The quantitative estimate of drug-likeness (QED) is 0.700. The van der Waals surface area contributed by atoms with E-state index in [0.717, 1.165) is 6.42 Å². The Balaban J connectivity index is 0.00000264. The molecule has 2 rings (SSSR count). The van der Waals surface area contributed by atoms with Gasteiger partial charge in [-0.05, 0) is 12.3 Å². The average molecular weight is 398 g/mol. The van der Waals surface area contributed by atoms with E-state index in [9.17, 15) is 9.59 Å². The third-order valence-electron chi connectivity index (χ3n) is 4.68. The summed E-state index contributed by atoms with van der Waals surface area (Å²) in [6, 6.07) is -0.455. The summed E-state index contributed by atoms with van der Waals surface area (Å²) in [4.78, 5) is 26.5. The fraction of sp³-hybridized carbons (Fsp3) is 0.824. The molecule has 2 amide bonds. The topological polar surface area (TPSA) is 58.6 Å². The van der Waals surface area contributed by atoms with Crippen LogP contribution < -0.4 is 5.32 Å². The number of hydrogen-bond donors (Lipinski definition) is 1. The summed E-state index contributed by atoms with van der Waals surface area (Å²) < 4.78 is 5.27. The molecule has 1 saturated carbocycles. The number of ketones is 1. The van der Waals surface area contributed by atoms with Crippen molar-refractivity contribution < 1.29 is 47.0 Å². The number of nitrogens with zero attached hydrogens (tertiary/aromatic N) is 1. The van der Waals surface area contributed by atoms with Crippen molar-refractivity contribution in [2.24, 2.45) is 5.92 Å². The van der Waals surface area contributed by atoms with E-state index in [-0.39, 0.29) is 50.6 Å². The molecule has 0 bridgehead atoms. The molecule has 1 N–H and O–H groups in total. The van der Waals surface area contributed by atoms with Crippen LogP contribution in [0, 0.1) is 12.3 Å². The van der Waals surface area contributed by atoms with Crippen LogP contribution in [0.3, 0.4) is 0 Å². The maximum Gasteiger partial charge on any atom is 0.318 e. The van der Waals surface area contributed by atoms with E-state index in [1.807, 2.05) is 13.3 Å². The predicted octanol–water partition coefficient (Wildman–Crippen LogP) is 2.55. The van der Waals surface area contributed by atoms with Gasteiger partial charge < -0.3 is 26.2 Å². The first-order valence-corrected chi connectivity index (χ1v) is 8.64. The monoisotopic (exact) mass is 398 g/mol. The van der Waals surface area contributed by atoms with Crippen molar-refractivity contribution in [1.29, 1.82) is 0 Å². The molecule has 1 aliphatic carbocycles. The number of ether oxygens (including phenoxy) is 1. The van der Waals surface area contributed by atoms with Gasteiger partial charge in [0.05, 0.1) is 19.3 Å². The second-order valence-corrected chi connectivity index (χ2v) is 6.42. The zero-order chi connectivity index (χ0) is 15.8. The Morgan fingerprint density at radius 2 is 1.87 bits per heavy atom. The van der Waals surface area contributed by atoms with E-state index in [1.165, 1.54) is 32.1 Å².